The van der Waals surface area contributed by atoms with Crippen molar-refractivity contribution in [3.8, 4) is 0 Å². The van der Waals surface area contributed by atoms with Gasteiger partial charge in [0.05, 0.1) is 5.69 Å². The van der Waals surface area contributed by atoms with Crippen molar-refractivity contribution in [3.63, 3.8) is 0 Å². The van der Waals surface area contributed by atoms with Gasteiger partial charge in [-0.15, -0.1) is 0 Å². The number of aliphatic imine (C=N–C) groups is 1. The molecule has 174 valence electrons. The summed E-state index contributed by atoms with van der Waals surface area (Å²) < 4.78 is 1.94. The summed E-state index contributed by atoms with van der Waals surface area (Å²) in [7, 11) is 1.99. The molecular formula is C25H38N6O. The Labute approximate surface area is 192 Å². The van der Waals surface area contributed by atoms with Crippen molar-refractivity contribution < 1.29 is 4.79 Å². The van der Waals surface area contributed by atoms with E-state index in [-0.39, 0.29) is 11.9 Å². The molecule has 2 N–H and O–H groups in total. The smallest absolute Gasteiger partial charge is 0.222 e. The second-order valence-electron chi connectivity index (χ2n) is 8.72. The molecule has 7 heteroatoms. The molecule has 0 radical (unpaired) electrons. The molecule has 1 atom stereocenters. The van der Waals surface area contributed by atoms with Gasteiger partial charge in [-0.25, -0.2) is 0 Å². The lowest BCUT2D eigenvalue weighted by Crippen LogP contribution is -2.43. The van der Waals surface area contributed by atoms with Gasteiger partial charge in [-0.2, -0.15) is 5.10 Å². The predicted molar refractivity (Wildman–Crippen MR) is 130 cm³/mol. The topological polar surface area (TPSA) is 74.6 Å². The number of hydrogen-bond acceptors (Lipinski definition) is 3. The molecule has 1 amide bonds. The molecule has 32 heavy (non-hydrogen) atoms. The SMILES string of the molecule is CCNC(=NCCCC(=O)N1CCc2ccccc2C1)NC(C)Cc1c(C)nn(C)c1C. The molecule has 0 fully saturated rings. The number of nitrogens with zero attached hydrogens (tertiary/aromatic N) is 4. The lowest BCUT2D eigenvalue weighted by molar-refractivity contribution is -0.132. The molecule has 0 spiro atoms. The Morgan fingerprint density at radius 2 is 2.00 bits per heavy atom. The summed E-state index contributed by atoms with van der Waals surface area (Å²) in [6.45, 7) is 11.4. The number of hydrogen-bond donors (Lipinski definition) is 2. The molecule has 1 unspecified atom stereocenters. The van der Waals surface area contributed by atoms with Crippen LogP contribution in [0, 0.1) is 13.8 Å². The maximum Gasteiger partial charge on any atom is 0.222 e. The molecule has 1 aliphatic heterocycles. The number of guanidine groups is 1. The summed E-state index contributed by atoms with van der Waals surface area (Å²) in [4.78, 5) is 19.3. The molecule has 0 saturated carbocycles. The van der Waals surface area contributed by atoms with Crippen molar-refractivity contribution in [1.82, 2.24) is 25.3 Å². The number of fused-ring (bicyclic) bond motifs is 1. The number of carbonyl (C=O) groups excluding carboxylic acids is 1. The normalized spacial score (nSPS) is 14.8. The molecule has 0 aliphatic carbocycles. The quantitative estimate of drug-likeness (QED) is 0.378. The predicted octanol–water partition coefficient (Wildman–Crippen LogP) is 2.89. The molecule has 1 aromatic heterocycles. The third kappa shape index (κ3) is 6.11. The summed E-state index contributed by atoms with van der Waals surface area (Å²) in [5.41, 5.74) is 6.22. The molecule has 1 aromatic carbocycles. The lowest BCUT2D eigenvalue weighted by Gasteiger charge is -2.29. The number of carbonyl (C=O) groups is 1. The number of amides is 1. The highest BCUT2D eigenvalue weighted by molar-refractivity contribution is 5.80. The van der Waals surface area contributed by atoms with E-state index < -0.39 is 0 Å². The van der Waals surface area contributed by atoms with Crippen molar-refractivity contribution >= 4 is 11.9 Å². The average Bonchev–Trinajstić information content (AvgIpc) is 3.02. The van der Waals surface area contributed by atoms with E-state index in [1.807, 2.05) is 16.6 Å². The van der Waals surface area contributed by atoms with Gasteiger partial charge in [-0.1, -0.05) is 24.3 Å². The van der Waals surface area contributed by atoms with Crippen molar-refractivity contribution in [3.05, 3.63) is 52.3 Å². The molecule has 1 aliphatic rings. The van der Waals surface area contributed by atoms with E-state index in [0.717, 1.165) is 50.6 Å². The molecule has 3 rings (SSSR count). The minimum atomic E-state index is 0.226. The van der Waals surface area contributed by atoms with Gasteiger partial charge in [0.15, 0.2) is 5.96 Å². The van der Waals surface area contributed by atoms with Crippen molar-refractivity contribution in [1.29, 1.82) is 0 Å². The molecule has 2 aromatic rings. The van der Waals surface area contributed by atoms with Crippen molar-refractivity contribution in [2.45, 2.75) is 66.0 Å². The van der Waals surface area contributed by atoms with Gasteiger partial charge in [0.1, 0.15) is 0 Å². The van der Waals surface area contributed by atoms with E-state index in [1.165, 1.54) is 22.4 Å². The third-order valence-electron chi connectivity index (χ3n) is 6.20. The Hall–Kier alpha value is -2.83. The minimum Gasteiger partial charge on any atom is -0.357 e. The second kappa shape index (κ2) is 11.2. The van der Waals surface area contributed by atoms with Gasteiger partial charge in [-0.3, -0.25) is 14.5 Å². The van der Waals surface area contributed by atoms with Crippen LogP contribution in [0.4, 0.5) is 0 Å². The first-order valence-electron chi connectivity index (χ1n) is 11.8. The van der Waals surface area contributed by atoms with Crippen molar-refractivity contribution in [2.24, 2.45) is 12.0 Å². The third-order valence-corrected chi connectivity index (χ3v) is 6.20. The van der Waals surface area contributed by atoms with Crippen molar-refractivity contribution in [2.75, 3.05) is 19.6 Å². The lowest BCUT2D eigenvalue weighted by atomic mass is 9.99. The van der Waals surface area contributed by atoms with Crippen LogP contribution < -0.4 is 10.6 Å². The number of nitrogens with one attached hydrogen (secondary N) is 2. The zero-order chi connectivity index (χ0) is 23.1. The van der Waals surface area contributed by atoms with Crippen LogP contribution in [0.5, 0.6) is 0 Å². The van der Waals surface area contributed by atoms with E-state index >= 15 is 0 Å². The number of benzene rings is 1. The first-order valence-corrected chi connectivity index (χ1v) is 11.8. The Balaban J connectivity index is 1.47. The molecule has 2 heterocycles. The fourth-order valence-electron chi connectivity index (χ4n) is 4.31. The zero-order valence-corrected chi connectivity index (χ0v) is 20.2. The van der Waals surface area contributed by atoms with Crippen LogP contribution in [0.25, 0.3) is 0 Å². The fourth-order valence-corrected chi connectivity index (χ4v) is 4.31. The van der Waals surface area contributed by atoms with Crippen LogP contribution >= 0.6 is 0 Å². The van der Waals surface area contributed by atoms with Crippen LogP contribution in [0.15, 0.2) is 29.3 Å². The van der Waals surface area contributed by atoms with Crippen LogP contribution in [-0.4, -0.2) is 52.2 Å². The molecule has 7 nitrogen and oxygen atoms in total. The summed E-state index contributed by atoms with van der Waals surface area (Å²) >= 11 is 0. The van der Waals surface area contributed by atoms with Gasteiger partial charge >= 0.3 is 0 Å². The highest BCUT2D eigenvalue weighted by atomic mass is 16.2. The zero-order valence-electron chi connectivity index (χ0n) is 20.2. The van der Waals surface area contributed by atoms with E-state index in [0.29, 0.717) is 13.0 Å². The molecule has 0 bridgehead atoms. The van der Waals surface area contributed by atoms with Gasteiger partial charge in [-0.05, 0) is 63.6 Å². The van der Waals surface area contributed by atoms with Crippen LogP contribution in [-0.2, 0) is 31.2 Å². The van der Waals surface area contributed by atoms with Gasteiger partial charge in [0.25, 0.3) is 0 Å². The number of rotatable bonds is 8. The Morgan fingerprint density at radius 3 is 2.69 bits per heavy atom. The summed E-state index contributed by atoms with van der Waals surface area (Å²) in [5, 5.41) is 11.3. The van der Waals surface area contributed by atoms with Gasteiger partial charge in [0.2, 0.25) is 5.91 Å². The first-order chi connectivity index (χ1) is 15.4. The maximum absolute atomic E-state index is 12.7. The largest absolute Gasteiger partial charge is 0.357 e. The maximum atomic E-state index is 12.7. The molecular weight excluding hydrogens is 400 g/mol. The fraction of sp³-hybridized carbons (Fsp3) is 0.560. The summed E-state index contributed by atoms with van der Waals surface area (Å²) in [6, 6.07) is 8.64. The summed E-state index contributed by atoms with van der Waals surface area (Å²) in [5.74, 6) is 1.03. The Morgan fingerprint density at radius 1 is 1.25 bits per heavy atom. The highest BCUT2D eigenvalue weighted by Crippen LogP contribution is 2.19. The molecule has 0 saturated heterocycles. The summed E-state index contributed by atoms with van der Waals surface area (Å²) in [6.07, 6.45) is 3.13. The van der Waals surface area contributed by atoms with E-state index in [1.54, 1.807) is 0 Å². The van der Waals surface area contributed by atoms with Crippen LogP contribution in [0.2, 0.25) is 0 Å². The standard InChI is InChI=1S/C25H38N6O/c1-6-26-25(28-18(2)16-23-19(3)29-30(5)20(23)4)27-14-9-12-24(32)31-15-13-21-10-7-8-11-22(21)17-31/h7-8,10-11,18H,6,9,12-17H2,1-5H3,(H2,26,27,28). The first kappa shape index (κ1) is 23.8. The van der Waals surface area contributed by atoms with Crippen LogP contribution in [0.3, 0.4) is 0 Å². The van der Waals surface area contributed by atoms with E-state index in [2.05, 4.69) is 67.7 Å². The number of aromatic nitrogens is 2. The second-order valence-corrected chi connectivity index (χ2v) is 8.72. The van der Waals surface area contributed by atoms with Gasteiger partial charge < -0.3 is 15.5 Å². The highest BCUT2D eigenvalue weighted by Gasteiger charge is 2.20. The monoisotopic (exact) mass is 438 g/mol. The number of aryl methyl sites for hydroxylation is 2. The van der Waals surface area contributed by atoms with E-state index in [9.17, 15) is 4.79 Å². The van der Waals surface area contributed by atoms with Gasteiger partial charge in [0, 0.05) is 51.4 Å². The minimum absolute atomic E-state index is 0.226. The van der Waals surface area contributed by atoms with Crippen LogP contribution in [0.1, 0.15) is 54.8 Å². The average molecular weight is 439 g/mol. The Bertz CT molecular complexity index is 948. The Kier molecular flexibility index (Phi) is 8.31. The van der Waals surface area contributed by atoms with E-state index in [4.69, 9.17) is 4.99 Å².